The highest BCUT2D eigenvalue weighted by molar-refractivity contribution is 5.93. The fraction of sp³-hybridized carbons (Fsp3) is 0.467. The summed E-state index contributed by atoms with van der Waals surface area (Å²) in [5.74, 6) is 0.0918. The summed E-state index contributed by atoms with van der Waals surface area (Å²) in [4.78, 5) is 11.3. The lowest BCUT2D eigenvalue weighted by atomic mass is 9.96. The molecule has 1 aromatic rings. The van der Waals surface area contributed by atoms with E-state index in [4.69, 9.17) is 5.26 Å². The van der Waals surface area contributed by atoms with Gasteiger partial charge in [-0.15, -0.1) is 0 Å². The van der Waals surface area contributed by atoms with Gasteiger partial charge in [0.25, 0.3) is 0 Å². The molecule has 0 aliphatic carbocycles. The summed E-state index contributed by atoms with van der Waals surface area (Å²) in [6.07, 6.45) is 1.37. The van der Waals surface area contributed by atoms with Gasteiger partial charge in [-0.3, -0.25) is 4.79 Å². The molecule has 1 amide bonds. The smallest absolute Gasteiger partial charge is 0.224 e. The van der Waals surface area contributed by atoms with Gasteiger partial charge in [-0.05, 0) is 37.5 Å². The lowest BCUT2D eigenvalue weighted by Gasteiger charge is -2.19. The maximum absolute atomic E-state index is 11.3. The first-order valence-electron chi connectivity index (χ1n) is 6.54. The molecule has 0 atom stereocenters. The van der Waals surface area contributed by atoms with Gasteiger partial charge in [0, 0.05) is 25.2 Å². The molecule has 1 heterocycles. The van der Waals surface area contributed by atoms with Crippen molar-refractivity contribution in [1.82, 2.24) is 5.32 Å². The lowest BCUT2D eigenvalue weighted by Crippen LogP contribution is -2.27. The third kappa shape index (κ3) is 3.55. The van der Waals surface area contributed by atoms with E-state index in [1.54, 1.807) is 0 Å². The van der Waals surface area contributed by atoms with Crippen LogP contribution in [0.4, 0.5) is 5.69 Å². The van der Waals surface area contributed by atoms with Crippen molar-refractivity contribution in [3.05, 3.63) is 29.3 Å². The molecule has 2 rings (SSSR count). The van der Waals surface area contributed by atoms with Crippen LogP contribution in [0, 0.1) is 16.7 Å². The number of aryl methyl sites for hydroxylation is 1. The van der Waals surface area contributed by atoms with Gasteiger partial charge in [0.1, 0.15) is 0 Å². The summed E-state index contributed by atoms with van der Waals surface area (Å²) < 4.78 is 0. The topological polar surface area (TPSA) is 64.9 Å². The maximum atomic E-state index is 11.3. The molecule has 0 saturated carbocycles. The zero-order valence-corrected chi connectivity index (χ0v) is 11.4. The molecule has 19 heavy (non-hydrogen) atoms. The van der Waals surface area contributed by atoms with Crippen LogP contribution in [-0.4, -0.2) is 12.5 Å². The van der Waals surface area contributed by atoms with Gasteiger partial charge in [0.05, 0.1) is 11.5 Å². The highest BCUT2D eigenvalue weighted by atomic mass is 16.1. The van der Waals surface area contributed by atoms with Crippen LogP contribution in [0.2, 0.25) is 0 Å². The minimum absolute atomic E-state index is 0.0918. The molecule has 0 radical (unpaired) electrons. The van der Waals surface area contributed by atoms with Crippen molar-refractivity contribution in [2.75, 3.05) is 11.9 Å². The molecule has 0 spiro atoms. The van der Waals surface area contributed by atoms with E-state index in [2.05, 4.69) is 22.8 Å². The van der Waals surface area contributed by atoms with Crippen LogP contribution in [0.3, 0.4) is 0 Å². The number of carbonyl (C=O) groups is 1. The van der Waals surface area contributed by atoms with Gasteiger partial charge in [0.15, 0.2) is 0 Å². The Morgan fingerprint density at radius 3 is 2.95 bits per heavy atom. The number of amides is 1. The monoisotopic (exact) mass is 257 g/mol. The molecule has 1 aromatic carbocycles. The SMILES string of the molecule is CC(C)(C#N)CNCc1ccc2c(c1)CCC(=O)N2. The molecule has 0 bridgehead atoms. The third-order valence-electron chi connectivity index (χ3n) is 3.26. The summed E-state index contributed by atoms with van der Waals surface area (Å²) in [5.41, 5.74) is 2.96. The van der Waals surface area contributed by atoms with Gasteiger partial charge in [-0.1, -0.05) is 12.1 Å². The predicted octanol–water partition coefficient (Wildman–Crippen LogP) is 2.21. The number of carbonyl (C=O) groups excluding carboxylic acids is 1. The first-order valence-corrected chi connectivity index (χ1v) is 6.54. The maximum Gasteiger partial charge on any atom is 0.224 e. The Kier molecular flexibility index (Phi) is 3.87. The largest absolute Gasteiger partial charge is 0.326 e. The second-order valence-electron chi connectivity index (χ2n) is 5.64. The molecule has 0 saturated heterocycles. The van der Waals surface area contributed by atoms with Crippen LogP contribution in [0.5, 0.6) is 0 Å². The normalized spacial score (nSPS) is 14.5. The Bertz CT molecular complexity index is 529. The molecule has 1 aliphatic rings. The van der Waals surface area contributed by atoms with E-state index in [1.807, 2.05) is 26.0 Å². The van der Waals surface area contributed by atoms with E-state index < -0.39 is 0 Å². The average molecular weight is 257 g/mol. The third-order valence-corrected chi connectivity index (χ3v) is 3.26. The fourth-order valence-corrected chi connectivity index (χ4v) is 2.11. The Labute approximate surface area is 113 Å². The highest BCUT2D eigenvalue weighted by Crippen LogP contribution is 2.23. The van der Waals surface area contributed by atoms with E-state index in [0.717, 1.165) is 18.7 Å². The standard InChI is InChI=1S/C15H19N3O/c1-15(2,9-16)10-17-8-11-3-5-13-12(7-11)4-6-14(19)18-13/h3,5,7,17H,4,6,8,10H2,1-2H3,(H,18,19). The quantitative estimate of drug-likeness (QED) is 0.869. The van der Waals surface area contributed by atoms with E-state index in [0.29, 0.717) is 13.0 Å². The van der Waals surface area contributed by atoms with E-state index in [1.165, 1.54) is 11.1 Å². The predicted molar refractivity (Wildman–Crippen MR) is 74.5 cm³/mol. The molecule has 4 heteroatoms. The summed E-state index contributed by atoms with van der Waals surface area (Å²) in [6.45, 7) is 5.24. The number of anilines is 1. The second kappa shape index (κ2) is 5.41. The number of nitrogens with one attached hydrogen (secondary N) is 2. The summed E-state index contributed by atoms with van der Waals surface area (Å²) in [6, 6.07) is 8.37. The molecule has 2 N–H and O–H groups in total. The Morgan fingerprint density at radius 1 is 1.42 bits per heavy atom. The van der Waals surface area contributed by atoms with E-state index in [9.17, 15) is 4.79 Å². The number of nitrogens with zero attached hydrogens (tertiary/aromatic N) is 1. The van der Waals surface area contributed by atoms with Crippen LogP contribution in [0.25, 0.3) is 0 Å². The lowest BCUT2D eigenvalue weighted by molar-refractivity contribution is -0.116. The average Bonchev–Trinajstić information content (AvgIpc) is 2.39. The molecule has 100 valence electrons. The van der Waals surface area contributed by atoms with Crippen molar-refractivity contribution in [3.63, 3.8) is 0 Å². The van der Waals surface area contributed by atoms with Crippen molar-refractivity contribution < 1.29 is 4.79 Å². The molecule has 0 fully saturated rings. The van der Waals surface area contributed by atoms with Gasteiger partial charge >= 0.3 is 0 Å². The van der Waals surface area contributed by atoms with Crippen molar-refractivity contribution in [2.45, 2.75) is 33.2 Å². The number of fused-ring (bicyclic) bond motifs is 1. The van der Waals surface area contributed by atoms with Crippen molar-refractivity contribution in [3.8, 4) is 6.07 Å². The molecular formula is C15H19N3O. The zero-order chi connectivity index (χ0) is 13.9. The van der Waals surface area contributed by atoms with E-state index in [-0.39, 0.29) is 11.3 Å². The number of nitriles is 1. The molecule has 4 nitrogen and oxygen atoms in total. The molecule has 1 aliphatic heterocycles. The molecule has 0 aromatic heterocycles. The minimum Gasteiger partial charge on any atom is -0.326 e. The second-order valence-corrected chi connectivity index (χ2v) is 5.64. The number of hydrogen-bond donors (Lipinski definition) is 2. The minimum atomic E-state index is -0.345. The summed E-state index contributed by atoms with van der Waals surface area (Å²) >= 11 is 0. The van der Waals surface area contributed by atoms with Crippen LogP contribution in [0.15, 0.2) is 18.2 Å². The van der Waals surface area contributed by atoms with Crippen LogP contribution in [0.1, 0.15) is 31.4 Å². The van der Waals surface area contributed by atoms with Crippen LogP contribution >= 0.6 is 0 Å². The fourth-order valence-electron chi connectivity index (χ4n) is 2.11. The highest BCUT2D eigenvalue weighted by Gasteiger charge is 2.17. The number of benzene rings is 1. The first kappa shape index (κ1) is 13.6. The molecular weight excluding hydrogens is 238 g/mol. The number of hydrogen-bond acceptors (Lipinski definition) is 3. The Balaban J connectivity index is 1.96. The van der Waals surface area contributed by atoms with Crippen molar-refractivity contribution in [1.29, 1.82) is 5.26 Å². The zero-order valence-electron chi connectivity index (χ0n) is 11.4. The summed E-state index contributed by atoms with van der Waals surface area (Å²) in [7, 11) is 0. The van der Waals surface area contributed by atoms with Gasteiger partial charge in [-0.2, -0.15) is 5.26 Å². The first-order chi connectivity index (χ1) is 9.00. The molecule has 0 unspecified atom stereocenters. The Hall–Kier alpha value is -1.86. The Morgan fingerprint density at radius 2 is 2.21 bits per heavy atom. The van der Waals surface area contributed by atoms with Crippen LogP contribution in [-0.2, 0) is 17.8 Å². The van der Waals surface area contributed by atoms with Gasteiger partial charge < -0.3 is 10.6 Å². The van der Waals surface area contributed by atoms with Crippen LogP contribution < -0.4 is 10.6 Å². The summed E-state index contributed by atoms with van der Waals surface area (Å²) in [5, 5.41) is 15.1. The van der Waals surface area contributed by atoms with Crippen molar-refractivity contribution >= 4 is 11.6 Å². The van der Waals surface area contributed by atoms with E-state index >= 15 is 0 Å². The van der Waals surface area contributed by atoms with Gasteiger partial charge in [-0.25, -0.2) is 0 Å². The number of rotatable bonds is 4. The van der Waals surface area contributed by atoms with Gasteiger partial charge in [0.2, 0.25) is 5.91 Å². The van der Waals surface area contributed by atoms with Crippen molar-refractivity contribution in [2.24, 2.45) is 5.41 Å².